The zero-order valence-corrected chi connectivity index (χ0v) is 15.1. The summed E-state index contributed by atoms with van der Waals surface area (Å²) in [6.45, 7) is 4.30. The van der Waals surface area contributed by atoms with Crippen molar-refractivity contribution < 1.29 is 9.59 Å². The molecule has 0 radical (unpaired) electrons. The SMILES string of the molecule is CC1CCCN(C(=O)C2(NC(=O)NCc3ccccc3)CCCC2)C1. The largest absolute Gasteiger partial charge is 0.340 e. The Morgan fingerprint density at radius 1 is 1.16 bits per heavy atom. The van der Waals surface area contributed by atoms with E-state index in [9.17, 15) is 9.59 Å². The van der Waals surface area contributed by atoms with Crippen LogP contribution < -0.4 is 10.6 Å². The van der Waals surface area contributed by atoms with Crippen molar-refractivity contribution in [3.63, 3.8) is 0 Å². The number of amides is 3. The van der Waals surface area contributed by atoms with E-state index in [0.717, 1.165) is 50.8 Å². The van der Waals surface area contributed by atoms with Crippen LogP contribution in [0, 0.1) is 5.92 Å². The number of carbonyl (C=O) groups excluding carboxylic acids is 2. The first-order valence-electron chi connectivity index (χ1n) is 9.48. The van der Waals surface area contributed by atoms with E-state index in [2.05, 4.69) is 17.6 Å². The fourth-order valence-electron chi connectivity index (χ4n) is 4.09. The first-order valence-corrected chi connectivity index (χ1v) is 9.48. The molecule has 0 bridgehead atoms. The molecule has 2 N–H and O–H groups in total. The van der Waals surface area contributed by atoms with Gasteiger partial charge in [-0.1, -0.05) is 50.1 Å². The summed E-state index contributed by atoms with van der Waals surface area (Å²) in [5, 5.41) is 5.93. The summed E-state index contributed by atoms with van der Waals surface area (Å²) in [6, 6.07) is 9.57. The molecule has 5 nitrogen and oxygen atoms in total. The van der Waals surface area contributed by atoms with Crippen LogP contribution in [-0.4, -0.2) is 35.5 Å². The first-order chi connectivity index (χ1) is 12.1. The summed E-state index contributed by atoms with van der Waals surface area (Å²) < 4.78 is 0. The van der Waals surface area contributed by atoms with Gasteiger partial charge in [0.05, 0.1) is 0 Å². The van der Waals surface area contributed by atoms with Gasteiger partial charge in [-0.15, -0.1) is 0 Å². The van der Waals surface area contributed by atoms with Gasteiger partial charge in [0.1, 0.15) is 5.54 Å². The molecule has 2 fully saturated rings. The van der Waals surface area contributed by atoms with Gasteiger partial charge in [0.15, 0.2) is 0 Å². The summed E-state index contributed by atoms with van der Waals surface area (Å²) >= 11 is 0. The third kappa shape index (κ3) is 4.33. The Bertz CT molecular complexity index is 596. The molecule has 2 aliphatic rings. The molecule has 136 valence electrons. The minimum absolute atomic E-state index is 0.117. The Morgan fingerprint density at radius 3 is 2.56 bits per heavy atom. The third-order valence-corrected chi connectivity index (χ3v) is 5.46. The summed E-state index contributed by atoms with van der Waals surface area (Å²) in [6.07, 6.45) is 5.72. The lowest BCUT2D eigenvalue weighted by Gasteiger charge is -2.38. The number of hydrogen-bond donors (Lipinski definition) is 2. The number of carbonyl (C=O) groups is 2. The maximum atomic E-state index is 13.2. The summed E-state index contributed by atoms with van der Waals surface area (Å²) in [5.74, 6) is 0.662. The van der Waals surface area contributed by atoms with Crippen molar-refractivity contribution in [3.05, 3.63) is 35.9 Å². The minimum Gasteiger partial charge on any atom is -0.340 e. The lowest BCUT2D eigenvalue weighted by Crippen LogP contribution is -2.61. The Hall–Kier alpha value is -2.04. The first kappa shape index (κ1) is 17.8. The lowest BCUT2D eigenvalue weighted by molar-refractivity contribution is -0.139. The number of nitrogens with one attached hydrogen (secondary N) is 2. The van der Waals surface area contributed by atoms with Crippen molar-refractivity contribution in [1.29, 1.82) is 0 Å². The molecule has 3 rings (SSSR count). The number of rotatable bonds is 4. The van der Waals surface area contributed by atoms with E-state index in [-0.39, 0.29) is 11.9 Å². The normalized spacial score (nSPS) is 22.4. The van der Waals surface area contributed by atoms with Gasteiger partial charge in [-0.2, -0.15) is 0 Å². The molecule has 1 saturated heterocycles. The third-order valence-electron chi connectivity index (χ3n) is 5.46. The highest BCUT2D eigenvalue weighted by atomic mass is 16.2. The maximum Gasteiger partial charge on any atom is 0.315 e. The number of likely N-dealkylation sites (tertiary alicyclic amines) is 1. The van der Waals surface area contributed by atoms with E-state index in [4.69, 9.17) is 0 Å². The molecular formula is C20H29N3O2. The van der Waals surface area contributed by atoms with Crippen molar-refractivity contribution in [2.24, 2.45) is 5.92 Å². The molecule has 1 aromatic rings. The number of benzene rings is 1. The second-order valence-electron chi connectivity index (χ2n) is 7.58. The van der Waals surface area contributed by atoms with Crippen LogP contribution in [0.1, 0.15) is 51.0 Å². The Kier molecular flexibility index (Phi) is 5.61. The summed E-state index contributed by atoms with van der Waals surface area (Å²) in [7, 11) is 0. The minimum atomic E-state index is -0.710. The van der Waals surface area contributed by atoms with E-state index < -0.39 is 5.54 Å². The molecule has 5 heteroatoms. The van der Waals surface area contributed by atoms with E-state index in [1.54, 1.807) is 0 Å². The van der Waals surface area contributed by atoms with Gasteiger partial charge in [-0.05, 0) is 37.2 Å². The number of piperidine rings is 1. The predicted octanol–water partition coefficient (Wildman–Crippen LogP) is 3.06. The average molecular weight is 343 g/mol. The van der Waals surface area contributed by atoms with Crippen molar-refractivity contribution in [2.45, 2.75) is 57.5 Å². The number of hydrogen-bond acceptors (Lipinski definition) is 2. The van der Waals surface area contributed by atoms with Crippen LogP contribution >= 0.6 is 0 Å². The number of urea groups is 1. The smallest absolute Gasteiger partial charge is 0.315 e. The maximum absolute atomic E-state index is 13.2. The lowest BCUT2D eigenvalue weighted by atomic mass is 9.92. The Labute approximate surface area is 150 Å². The van der Waals surface area contributed by atoms with Crippen LogP contribution in [0.4, 0.5) is 4.79 Å². The van der Waals surface area contributed by atoms with E-state index in [0.29, 0.717) is 12.5 Å². The van der Waals surface area contributed by atoms with Crippen molar-refractivity contribution in [3.8, 4) is 0 Å². The van der Waals surface area contributed by atoms with Gasteiger partial charge in [0.25, 0.3) is 0 Å². The standard InChI is InChI=1S/C20H29N3O2/c1-16-8-7-13-23(15-16)18(24)20(11-5-6-12-20)22-19(25)21-14-17-9-3-2-4-10-17/h2-4,9-10,16H,5-8,11-15H2,1H3,(H2,21,22,25). The van der Waals surface area contributed by atoms with Crippen LogP contribution in [0.25, 0.3) is 0 Å². The quantitative estimate of drug-likeness (QED) is 0.883. The highest BCUT2D eigenvalue weighted by Gasteiger charge is 2.45. The van der Waals surface area contributed by atoms with E-state index >= 15 is 0 Å². The van der Waals surface area contributed by atoms with Gasteiger partial charge < -0.3 is 15.5 Å². The molecule has 1 heterocycles. The second-order valence-corrected chi connectivity index (χ2v) is 7.58. The van der Waals surface area contributed by atoms with Crippen LogP contribution in [-0.2, 0) is 11.3 Å². The molecule has 0 aromatic heterocycles. The second kappa shape index (κ2) is 7.89. The molecule has 1 aliphatic heterocycles. The van der Waals surface area contributed by atoms with Gasteiger partial charge in [0, 0.05) is 19.6 Å². The molecule has 1 aliphatic carbocycles. The Balaban J connectivity index is 1.61. The van der Waals surface area contributed by atoms with Gasteiger partial charge >= 0.3 is 6.03 Å². The molecule has 1 atom stereocenters. The molecule has 1 saturated carbocycles. The van der Waals surface area contributed by atoms with Crippen molar-refractivity contribution >= 4 is 11.9 Å². The molecule has 25 heavy (non-hydrogen) atoms. The fourth-order valence-corrected chi connectivity index (χ4v) is 4.09. The van der Waals surface area contributed by atoms with Crippen LogP contribution in [0.5, 0.6) is 0 Å². The Morgan fingerprint density at radius 2 is 1.88 bits per heavy atom. The van der Waals surface area contributed by atoms with Crippen LogP contribution in [0.15, 0.2) is 30.3 Å². The molecule has 1 unspecified atom stereocenters. The van der Waals surface area contributed by atoms with Crippen LogP contribution in [0.2, 0.25) is 0 Å². The summed E-state index contributed by atoms with van der Waals surface area (Å²) in [5.41, 5.74) is 0.340. The topological polar surface area (TPSA) is 61.4 Å². The van der Waals surface area contributed by atoms with Gasteiger partial charge in [0.2, 0.25) is 5.91 Å². The number of nitrogens with zero attached hydrogens (tertiary/aromatic N) is 1. The van der Waals surface area contributed by atoms with Gasteiger partial charge in [-0.25, -0.2) is 4.79 Å². The van der Waals surface area contributed by atoms with Crippen molar-refractivity contribution in [2.75, 3.05) is 13.1 Å². The summed E-state index contributed by atoms with van der Waals surface area (Å²) in [4.78, 5) is 27.6. The fraction of sp³-hybridized carbons (Fsp3) is 0.600. The van der Waals surface area contributed by atoms with Gasteiger partial charge in [-0.3, -0.25) is 4.79 Å². The zero-order valence-electron chi connectivity index (χ0n) is 15.1. The van der Waals surface area contributed by atoms with Crippen LogP contribution in [0.3, 0.4) is 0 Å². The molecule has 0 spiro atoms. The highest BCUT2D eigenvalue weighted by Crippen LogP contribution is 2.33. The highest BCUT2D eigenvalue weighted by molar-refractivity contribution is 5.91. The molecule has 1 aromatic carbocycles. The predicted molar refractivity (Wildman–Crippen MR) is 98.0 cm³/mol. The monoisotopic (exact) mass is 343 g/mol. The zero-order chi connectivity index (χ0) is 17.7. The average Bonchev–Trinajstić information content (AvgIpc) is 3.10. The van der Waals surface area contributed by atoms with E-state index in [1.165, 1.54) is 6.42 Å². The molecular weight excluding hydrogens is 314 g/mol. The van der Waals surface area contributed by atoms with E-state index in [1.807, 2.05) is 35.2 Å². The molecule has 3 amide bonds. The van der Waals surface area contributed by atoms with Crippen molar-refractivity contribution in [1.82, 2.24) is 15.5 Å².